The molecule has 5 nitrogen and oxygen atoms in total. The highest BCUT2D eigenvalue weighted by atomic mass is 79.9. The number of aliphatic carboxylic acids is 1. The summed E-state index contributed by atoms with van der Waals surface area (Å²) >= 11 is 3.23. The normalized spacial score (nSPS) is 24.0. The van der Waals surface area contributed by atoms with Crippen molar-refractivity contribution >= 4 is 27.8 Å². The van der Waals surface area contributed by atoms with Gasteiger partial charge in [-0.2, -0.15) is 0 Å². The molecule has 1 aliphatic heterocycles. The Morgan fingerprint density at radius 1 is 1.50 bits per heavy atom. The second-order valence-corrected chi connectivity index (χ2v) is 6.10. The summed E-state index contributed by atoms with van der Waals surface area (Å²) in [6, 6.07) is 2.84. The Morgan fingerprint density at radius 2 is 2.20 bits per heavy atom. The zero-order chi connectivity index (χ0) is 14.9. The van der Waals surface area contributed by atoms with Gasteiger partial charge >= 0.3 is 5.97 Å². The van der Waals surface area contributed by atoms with Gasteiger partial charge in [0, 0.05) is 12.5 Å². The van der Waals surface area contributed by atoms with Gasteiger partial charge in [-0.1, -0.05) is 0 Å². The van der Waals surface area contributed by atoms with Gasteiger partial charge in [0.2, 0.25) is 5.91 Å². The van der Waals surface area contributed by atoms with Crippen molar-refractivity contribution in [3.63, 3.8) is 0 Å². The molecule has 2 heterocycles. The molecule has 2 atom stereocenters. The molecule has 1 amide bonds. The fourth-order valence-corrected chi connectivity index (χ4v) is 3.12. The molecule has 0 saturated carbocycles. The lowest BCUT2D eigenvalue weighted by Gasteiger charge is -2.35. The van der Waals surface area contributed by atoms with Crippen LogP contribution in [0.15, 0.2) is 21.2 Å². The summed E-state index contributed by atoms with van der Waals surface area (Å²) in [7, 11) is 0. The van der Waals surface area contributed by atoms with Crippen molar-refractivity contribution in [2.45, 2.75) is 45.2 Å². The lowest BCUT2D eigenvalue weighted by molar-refractivity contribution is -0.147. The van der Waals surface area contributed by atoms with Gasteiger partial charge in [-0.15, -0.1) is 0 Å². The minimum Gasteiger partial charge on any atom is -0.481 e. The maximum absolute atomic E-state index is 12.3. The van der Waals surface area contributed by atoms with Crippen LogP contribution in [0.25, 0.3) is 0 Å². The monoisotopic (exact) mass is 343 g/mol. The molecule has 1 aromatic heterocycles. The molecule has 1 aliphatic rings. The molecule has 1 aromatic rings. The summed E-state index contributed by atoms with van der Waals surface area (Å²) in [5, 5.41) is 9.50. The van der Waals surface area contributed by atoms with E-state index in [1.165, 1.54) is 0 Å². The summed E-state index contributed by atoms with van der Waals surface area (Å²) in [5.41, 5.74) is 0. The standard InChI is InChI=1S/C14H18BrNO4/c1-8(2)16-12(17)5-3-4-9(14(18)19)13(16)10-6-7-11(15)20-10/h6-9,13H,3-5H2,1-2H3,(H,18,19). The Hall–Kier alpha value is -1.30. The van der Waals surface area contributed by atoms with E-state index in [4.69, 9.17) is 4.42 Å². The summed E-state index contributed by atoms with van der Waals surface area (Å²) in [6.45, 7) is 3.79. The number of carbonyl (C=O) groups is 2. The van der Waals surface area contributed by atoms with E-state index in [1.54, 1.807) is 17.0 Å². The van der Waals surface area contributed by atoms with Crippen LogP contribution in [-0.4, -0.2) is 27.9 Å². The topological polar surface area (TPSA) is 70.8 Å². The minimum absolute atomic E-state index is 0.0127. The van der Waals surface area contributed by atoms with E-state index < -0.39 is 17.9 Å². The number of rotatable bonds is 3. The quantitative estimate of drug-likeness (QED) is 0.914. The van der Waals surface area contributed by atoms with Crippen LogP contribution in [-0.2, 0) is 9.59 Å². The maximum Gasteiger partial charge on any atom is 0.309 e. The van der Waals surface area contributed by atoms with Gasteiger partial charge in [0.15, 0.2) is 4.67 Å². The fraction of sp³-hybridized carbons (Fsp3) is 0.571. The molecule has 20 heavy (non-hydrogen) atoms. The molecule has 1 fully saturated rings. The highest BCUT2D eigenvalue weighted by Gasteiger charge is 2.41. The Bertz CT molecular complexity index is 511. The molecule has 110 valence electrons. The van der Waals surface area contributed by atoms with Crippen molar-refractivity contribution in [2.75, 3.05) is 0 Å². The zero-order valence-electron chi connectivity index (χ0n) is 11.5. The average Bonchev–Trinajstić information content (AvgIpc) is 2.68. The SMILES string of the molecule is CC(C)N1C(=O)CCCC(C(=O)O)C1c1ccc(Br)o1. The largest absolute Gasteiger partial charge is 0.481 e. The maximum atomic E-state index is 12.3. The smallest absolute Gasteiger partial charge is 0.309 e. The Balaban J connectivity index is 2.48. The predicted octanol–water partition coefficient (Wildman–Crippen LogP) is 3.20. The number of carboxylic acid groups (broad SMARTS) is 1. The van der Waals surface area contributed by atoms with Crippen LogP contribution >= 0.6 is 15.9 Å². The number of carboxylic acids is 1. The molecule has 0 spiro atoms. The summed E-state index contributed by atoms with van der Waals surface area (Å²) in [6.07, 6.45) is 1.46. The predicted molar refractivity (Wildman–Crippen MR) is 76.1 cm³/mol. The van der Waals surface area contributed by atoms with Gasteiger partial charge < -0.3 is 14.4 Å². The van der Waals surface area contributed by atoms with Crippen molar-refractivity contribution < 1.29 is 19.1 Å². The number of halogens is 1. The molecule has 0 aromatic carbocycles. The van der Waals surface area contributed by atoms with Gasteiger partial charge in [-0.25, -0.2) is 0 Å². The van der Waals surface area contributed by atoms with Gasteiger partial charge in [0.05, 0.1) is 5.92 Å². The van der Waals surface area contributed by atoms with Gasteiger partial charge in [-0.05, 0) is 54.8 Å². The first-order chi connectivity index (χ1) is 9.41. The third-order valence-electron chi connectivity index (χ3n) is 3.63. The summed E-state index contributed by atoms with van der Waals surface area (Å²) < 4.78 is 6.09. The highest BCUT2D eigenvalue weighted by Crippen LogP contribution is 2.38. The van der Waals surface area contributed by atoms with Crippen LogP contribution in [0.3, 0.4) is 0 Å². The molecule has 2 unspecified atom stereocenters. The third kappa shape index (κ3) is 2.90. The minimum atomic E-state index is -0.886. The van der Waals surface area contributed by atoms with Crippen LogP contribution < -0.4 is 0 Å². The molecule has 6 heteroatoms. The van der Waals surface area contributed by atoms with Crippen LogP contribution in [0, 0.1) is 5.92 Å². The Morgan fingerprint density at radius 3 is 2.70 bits per heavy atom. The van der Waals surface area contributed by atoms with E-state index in [0.717, 1.165) is 0 Å². The second kappa shape index (κ2) is 5.99. The van der Waals surface area contributed by atoms with Crippen molar-refractivity contribution in [3.05, 3.63) is 22.6 Å². The summed E-state index contributed by atoms with van der Waals surface area (Å²) in [5.74, 6) is -1.01. The van der Waals surface area contributed by atoms with Crippen molar-refractivity contribution in [3.8, 4) is 0 Å². The van der Waals surface area contributed by atoms with E-state index in [1.807, 2.05) is 13.8 Å². The zero-order valence-corrected chi connectivity index (χ0v) is 13.1. The van der Waals surface area contributed by atoms with E-state index in [0.29, 0.717) is 29.7 Å². The van der Waals surface area contributed by atoms with E-state index in [9.17, 15) is 14.7 Å². The number of likely N-dealkylation sites (tertiary alicyclic amines) is 1. The lowest BCUT2D eigenvalue weighted by atomic mass is 9.92. The van der Waals surface area contributed by atoms with E-state index in [-0.39, 0.29) is 11.9 Å². The van der Waals surface area contributed by atoms with Crippen LogP contribution in [0.5, 0.6) is 0 Å². The first-order valence-corrected chi connectivity index (χ1v) is 7.50. The van der Waals surface area contributed by atoms with Gasteiger partial charge in [0.1, 0.15) is 11.8 Å². The van der Waals surface area contributed by atoms with Crippen LogP contribution in [0.1, 0.15) is 44.9 Å². The van der Waals surface area contributed by atoms with E-state index >= 15 is 0 Å². The number of nitrogens with zero attached hydrogens (tertiary/aromatic N) is 1. The molecule has 0 aliphatic carbocycles. The number of hydrogen-bond acceptors (Lipinski definition) is 3. The van der Waals surface area contributed by atoms with E-state index in [2.05, 4.69) is 15.9 Å². The molecule has 1 N–H and O–H groups in total. The molecular weight excluding hydrogens is 326 g/mol. The molecule has 0 bridgehead atoms. The fourth-order valence-electron chi connectivity index (χ4n) is 2.80. The second-order valence-electron chi connectivity index (χ2n) is 5.32. The first kappa shape index (κ1) is 15.1. The summed E-state index contributed by atoms with van der Waals surface area (Å²) in [4.78, 5) is 25.5. The number of amides is 1. The molecule has 2 rings (SSSR count). The van der Waals surface area contributed by atoms with Crippen molar-refractivity contribution in [2.24, 2.45) is 5.92 Å². The number of carbonyl (C=O) groups excluding carboxylic acids is 1. The first-order valence-electron chi connectivity index (χ1n) is 6.71. The third-order valence-corrected chi connectivity index (χ3v) is 4.06. The number of hydrogen-bond donors (Lipinski definition) is 1. The Labute approximate surface area is 126 Å². The highest BCUT2D eigenvalue weighted by molar-refractivity contribution is 9.10. The molecular formula is C14H18BrNO4. The lowest BCUT2D eigenvalue weighted by Crippen LogP contribution is -2.43. The van der Waals surface area contributed by atoms with Crippen molar-refractivity contribution in [1.29, 1.82) is 0 Å². The Kier molecular flexibility index (Phi) is 4.52. The van der Waals surface area contributed by atoms with Crippen LogP contribution in [0.2, 0.25) is 0 Å². The molecule has 0 radical (unpaired) electrons. The average molecular weight is 344 g/mol. The van der Waals surface area contributed by atoms with Gasteiger partial charge in [-0.3, -0.25) is 9.59 Å². The number of furan rings is 1. The van der Waals surface area contributed by atoms with Crippen LogP contribution in [0.4, 0.5) is 0 Å². The van der Waals surface area contributed by atoms with Crippen molar-refractivity contribution in [1.82, 2.24) is 4.90 Å². The molecule has 1 saturated heterocycles. The van der Waals surface area contributed by atoms with Gasteiger partial charge in [0.25, 0.3) is 0 Å².